The number of anilines is 1. The average molecular weight is 412 g/mol. The Morgan fingerprint density at radius 3 is 2.48 bits per heavy atom. The molecule has 1 aliphatic heterocycles. The van der Waals surface area contributed by atoms with Crippen LogP contribution >= 0.6 is 0 Å². The number of amides is 1. The minimum Gasteiger partial charge on any atom is -0.353 e. The smallest absolute Gasteiger partial charge is 0.227 e. The van der Waals surface area contributed by atoms with E-state index in [9.17, 15) is 4.79 Å². The number of hydrogen-bond acceptors (Lipinski definition) is 4. The summed E-state index contributed by atoms with van der Waals surface area (Å²) in [5.41, 5.74) is 4.25. The van der Waals surface area contributed by atoms with Crippen LogP contribution in [0.25, 0.3) is 22.2 Å². The van der Waals surface area contributed by atoms with Gasteiger partial charge in [0.25, 0.3) is 0 Å². The maximum absolute atomic E-state index is 13.0. The average Bonchev–Trinajstić information content (AvgIpc) is 3.15. The van der Waals surface area contributed by atoms with E-state index in [2.05, 4.69) is 49.9 Å². The molecule has 156 valence electrons. The van der Waals surface area contributed by atoms with Crippen molar-refractivity contribution < 1.29 is 4.79 Å². The van der Waals surface area contributed by atoms with E-state index < -0.39 is 0 Å². The first-order valence-corrected chi connectivity index (χ1v) is 10.6. The fraction of sp³-hybridized carbons (Fsp3) is 0.240. The molecule has 0 spiro atoms. The number of hydrogen-bond donors (Lipinski definition) is 0. The summed E-state index contributed by atoms with van der Waals surface area (Å²) < 4.78 is 2.09. The minimum absolute atomic E-state index is 0.184. The Morgan fingerprint density at radius 2 is 1.68 bits per heavy atom. The third kappa shape index (κ3) is 3.89. The highest BCUT2D eigenvalue weighted by atomic mass is 16.2. The molecule has 3 heterocycles. The van der Waals surface area contributed by atoms with Crippen molar-refractivity contribution in [1.29, 1.82) is 0 Å². The molecule has 2 aromatic heterocycles. The fourth-order valence-electron chi connectivity index (χ4n) is 4.31. The minimum atomic E-state index is 0.184. The molecule has 1 saturated heterocycles. The van der Waals surface area contributed by atoms with Crippen LogP contribution in [-0.2, 0) is 18.3 Å². The lowest BCUT2D eigenvalue weighted by Crippen LogP contribution is -2.49. The van der Waals surface area contributed by atoms with Crippen molar-refractivity contribution in [3.63, 3.8) is 0 Å². The number of aryl methyl sites for hydroxylation is 1. The molecule has 1 aliphatic rings. The summed E-state index contributed by atoms with van der Waals surface area (Å²) in [6.45, 7) is 2.95. The Morgan fingerprint density at radius 1 is 0.935 bits per heavy atom. The van der Waals surface area contributed by atoms with Gasteiger partial charge in [-0.15, -0.1) is 0 Å². The summed E-state index contributed by atoms with van der Waals surface area (Å²) in [5, 5.41) is 1.16. The zero-order chi connectivity index (χ0) is 21.2. The van der Waals surface area contributed by atoms with Gasteiger partial charge in [0.1, 0.15) is 12.1 Å². The molecule has 5 rings (SSSR count). The monoisotopic (exact) mass is 411 g/mol. The number of para-hydroxylation sites is 1. The first-order valence-electron chi connectivity index (χ1n) is 10.6. The molecular formula is C25H25N5O. The molecule has 1 amide bonds. The zero-order valence-corrected chi connectivity index (χ0v) is 17.6. The molecule has 0 aliphatic carbocycles. The third-order valence-electron chi connectivity index (χ3n) is 6.00. The molecule has 0 bridgehead atoms. The van der Waals surface area contributed by atoms with Gasteiger partial charge in [0.2, 0.25) is 5.91 Å². The molecule has 31 heavy (non-hydrogen) atoms. The van der Waals surface area contributed by atoms with Crippen LogP contribution in [0.3, 0.4) is 0 Å². The maximum Gasteiger partial charge on any atom is 0.227 e. The third-order valence-corrected chi connectivity index (χ3v) is 6.00. The van der Waals surface area contributed by atoms with Crippen molar-refractivity contribution in [3.05, 3.63) is 78.8 Å². The van der Waals surface area contributed by atoms with E-state index in [0.29, 0.717) is 19.5 Å². The Bertz CT molecular complexity index is 1210. The normalized spacial score (nSPS) is 14.2. The summed E-state index contributed by atoms with van der Waals surface area (Å²) in [5.74, 6) is 1.10. The van der Waals surface area contributed by atoms with Gasteiger partial charge in [-0.05, 0) is 11.6 Å². The zero-order valence-electron chi connectivity index (χ0n) is 17.6. The van der Waals surface area contributed by atoms with Crippen LogP contribution in [-0.4, -0.2) is 51.5 Å². The number of aromatic nitrogens is 3. The number of rotatable bonds is 4. The van der Waals surface area contributed by atoms with Crippen molar-refractivity contribution in [2.24, 2.45) is 7.05 Å². The Hall–Kier alpha value is -3.67. The number of carbonyl (C=O) groups is 1. The van der Waals surface area contributed by atoms with Gasteiger partial charge in [0.15, 0.2) is 0 Å². The lowest BCUT2D eigenvalue weighted by atomic mass is 10.1. The van der Waals surface area contributed by atoms with Crippen LogP contribution in [0.2, 0.25) is 0 Å². The van der Waals surface area contributed by atoms with Crippen LogP contribution < -0.4 is 4.90 Å². The van der Waals surface area contributed by atoms with Gasteiger partial charge in [0, 0.05) is 62.0 Å². The Labute approximate surface area is 181 Å². The summed E-state index contributed by atoms with van der Waals surface area (Å²) in [6.07, 6.45) is 4.13. The van der Waals surface area contributed by atoms with E-state index in [1.165, 1.54) is 0 Å². The molecule has 2 aromatic carbocycles. The van der Waals surface area contributed by atoms with E-state index >= 15 is 0 Å². The first kappa shape index (κ1) is 19.3. The molecule has 0 radical (unpaired) electrons. The number of fused-ring (bicyclic) bond motifs is 1. The molecule has 6 heteroatoms. The molecular weight excluding hydrogens is 386 g/mol. The van der Waals surface area contributed by atoms with Crippen molar-refractivity contribution in [2.45, 2.75) is 6.42 Å². The predicted molar refractivity (Wildman–Crippen MR) is 123 cm³/mol. The maximum atomic E-state index is 13.0. The molecule has 1 fully saturated rings. The standard InChI is InChI=1S/C25H25N5O/c1-28-17-20(21-9-5-6-10-23(21)28)15-25(31)30-13-11-29(12-14-30)24-16-22(26-18-27-24)19-7-3-2-4-8-19/h2-10,16-18H,11-15H2,1H3. The van der Waals surface area contributed by atoms with E-state index in [1.54, 1.807) is 6.33 Å². The van der Waals surface area contributed by atoms with Gasteiger partial charge in [-0.3, -0.25) is 4.79 Å². The SMILES string of the molecule is Cn1cc(CC(=O)N2CCN(c3cc(-c4ccccc4)ncn3)CC2)c2ccccc21. The highest BCUT2D eigenvalue weighted by Gasteiger charge is 2.23. The summed E-state index contributed by atoms with van der Waals surface area (Å²) in [7, 11) is 2.03. The number of nitrogens with zero attached hydrogens (tertiary/aromatic N) is 5. The second-order valence-corrected chi connectivity index (χ2v) is 7.95. The summed E-state index contributed by atoms with van der Waals surface area (Å²) in [4.78, 5) is 26.1. The Balaban J connectivity index is 1.25. The highest BCUT2D eigenvalue weighted by molar-refractivity contribution is 5.89. The number of benzene rings is 2. The topological polar surface area (TPSA) is 54.3 Å². The number of carbonyl (C=O) groups excluding carboxylic acids is 1. The van der Waals surface area contributed by atoms with Crippen molar-refractivity contribution in [1.82, 2.24) is 19.4 Å². The van der Waals surface area contributed by atoms with E-state index in [-0.39, 0.29) is 5.91 Å². The van der Waals surface area contributed by atoms with Crippen LogP contribution in [0.1, 0.15) is 5.56 Å². The lowest BCUT2D eigenvalue weighted by Gasteiger charge is -2.35. The number of piperazine rings is 1. The second-order valence-electron chi connectivity index (χ2n) is 7.95. The van der Waals surface area contributed by atoms with Gasteiger partial charge in [-0.25, -0.2) is 9.97 Å². The highest BCUT2D eigenvalue weighted by Crippen LogP contribution is 2.23. The molecule has 0 N–H and O–H groups in total. The summed E-state index contributed by atoms with van der Waals surface area (Å²) in [6, 6.07) is 20.4. The van der Waals surface area contributed by atoms with Gasteiger partial charge >= 0.3 is 0 Å². The van der Waals surface area contributed by atoms with Gasteiger partial charge in [-0.1, -0.05) is 48.5 Å². The van der Waals surface area contributed by atoms with Crippen LogP contribution in [0.15, 0.2) is 73.2 Å². The molecule has 0 atom stereocenters. The Kier molecular flexibility index (Phi) is 5.12. The molecule has 0 unspecified atom stereocenters. The van der Waals surface area contributed by atoms with E-state index in [4.69, 9.17) is 0 Å². The van der Waals surface area contributed by atoms with Crippen LogP contribution in [0.5, 0.6) is 0 Å². The van der Waals surface area contributed by atoms with Crippen LogP contribution in [0.4, 0.5) is 5.82 Å². The lowest BCUT2D eigenvalue weighted by molar-refractivity contribution is -0.130. The van der Waals surface area contributed by atoms with E-state index in [1.807, 2.05) is 48.3 Å². The second kappa shape index (κ2) is 8.22. The van der Waals surface area contributed by atoms with Crippen LogP contribution in [0, 0.1) is 0 Å². The molecule has 0 saturated carbocycles. The first-order chi connectivity index (χ1) is 15.2. The van der Waals surface area contributed by atoms with Gasteiger partial charge in [0.05, 0.1) is 12.1 Å². The fourth-order valence-corrected chi connectivity index (χ4v) is 4.31. The largest absolute Gasteiger partial charge is 0.353 e. The van der Waals surface area contributed by atoms with Gasteiger partial charge < -0.3 is 14.4 Å². The van der Waals surface area contributed by atoms with Crippen molar-refractivity contribution >= 4 is 22.6 Å². The van der Waals surface area contributed by atoms with Crippen molar-refractivity contribution in [3.8, 4) is 11.3 Å². The summed E-state index contributed by atoms with van der Waals surface area (Å²) >= 11 is 0. The quantitative estimate of drug-likeness (QED) is 0.516. The van der Waals surface area contributed by atoms with Crippen molar-refractivity contribution in [2.75, 3.05) is 31.1 Å². The predicted octanol–water partition coefficient (Wildman–Crippen LogP) is 3.53. The van der Waals surface area contributed by atoms with Gasteiger partial charge in [-0.2, -0.15) is 0 Å². The van der Waals surface area contributed by atoms with E-state index in [0.717, 1.165) is 46.6 Å². The molecule has 6 nitrogen and oxygen atoms in total. The molecule has 4 aromatic rings.